The minimum atomic E-state index is -0.145. The quantitative estimate of drug-likeness (QED) is 0.671. The highest BCUT2D eigenvalue weighted by Gasteiger charge is 2.21. The lowest BCUT2D eigenvalue weighted by Crippen LogP contribution is -2.22. The lowest BCUT2D eigenvalue weighted by Gasteiger charge is -2.25. The fourth-order valence-corrected chi connectivity index (χ4v) is 1.79. The Hall–Kier alpha value is -0.900. The van der Waals surface area contributed by atoms with Gasteiger partial charge in [-0.2, -0.15) is 5.10 Å². The van der Waals surface area contributed by atoms with Gasteiger partial charge in [-0.05, 0) is 25.7 Å². The van der Waals surface area contributed by atoms with Gasteiger partial charge >= 0.3 is 0 Å². The van der Waals surface area contributed by atoms with E-state index in [0.717, 1.165) is 25.7 Å². The number of nitrogens with zero attached hydrogens (tertiary/aromatic N) is 3. The van der Waals surface area contributed by atoms with Gasteiger partial charge in [0.15, 0.2) is 0 Å². The van der Waals surface area contributed by atoms with Crippen LogP contribution in [0.25, 0.3) is 0 Å². The van der Waals surface area contributed by atoms with E-state index in [1.807, 2.05) is 4.68 Å². The van der Waals surface area contributed by atoms with Crippen molar-refractivity contribution in [2.24, 2.45) is 0 Å². The van der Waals surface area contributed by atoms with E-state index >= 15 is 0 Å². The molecule has 1 aliphatic rings. The van der Waals surface area contributed by atoms with Crippen LogP contribution in [0.1, 0.15) is 31.7 Å². The fourth-order valence-electron chi connectivity index (χ4n) is 1.79. The van der Waals surface area contributed by atoms with E-state index in [2.05, 4.69) is 10.1 Å². The molecular formula is C8H13N3O. The van der Waals surface area contributed by atoms with E-state index in [4.69, 9.17) is 0 Å². The minimum Gasteiger partial charge on any atom is -0.393 e. The maximum absolute atomic E-state index is 9.42. The molecule has 1 N–H and O–H groups in total. The zero-order valence-electron chi connectivity index (χ0n) is 6.93. The molecule has 0 spiro atoms. The van der Waals surface area contributed by atoms with Crippen LogP contribution in [0.2, 0.25) is 0 Å². The van der Waals surface area contributed by atoms with Crippen molar-refractivity contribution in [2.75, 3.05) is 0 Å². The molecule has 1 aromatic rings. The van der Waals surface area contributed by atoms with Crippen molar-refractivity contribution in [1.29, 1.82) is 0 Å². The molecule has 2 atom stereocenters. The fraction of sp³-hybridized carbons (Fsp3) is 0.750. The van der Waals surface area contributed by atoms with Gasteiger partial charge < -0.3 is 5.11 Å². The van der Waals surface area contributed by atoms with Gasteiger partial charge in [-0.3, -0.25) is 0 Å². The number of hydrogen-bond acceptors (Lipinski definition) is 3. The first-order chi connectivity index (χ1) is 5.86. The van der Waals surface area contributed by atoms with Crippen LogP contribution in [0.3, 0.4) is 0 Å². The van der Waals surface area contributed by atoms with Crippen molar-refractivity contribution in [3.8, 4) is 0 Å². The molecule has 0 aromatic carbocycles. The summed E-state index contributed by atoms with van der Waals surface area (Å²) in [6.45, 7) is 0. The third-order valence-electron chi connectivity index (χ3n) is 2.43. The lowest BCUT2D eigenvalue weighted by atomic mass is 9.93. The topological polar surface area (TPSA) is 50.9 Å². The van der Waals surface area contributed by atoms with Crippen LogP contribution in [-0.2, 0) is 0 Å². The second-order valence-corrected chi connectivity index (χ2v) is 3.35. The summed E-state index contributed by atoms with van der Waals surface area (Å²) in [7, 11) is 0. The summed E-state index contributed by atoms with van der Waals surface area (Å²) >= 11 is 0. The summed E-state index contributed by atoms with van der Waals surface area (Å²) < 4.78 is 1.85. The molecule has 1 heterocycles. The number of aliphatic hydroxyl groups excluding tert-OH is 1. The Morgan fingerprint density at radius 2 is 2.33 bits per heavy atom. The van der Waals surface area contributed by atoms with Crippen molar-refractivity contribution in [3.05, 3.63) is 12.7 Å². The van der Waals surface area contributed by atoms with Gasteiger partial charge in [-0.15, -0.1) is 0 Å². The van der Waals surface area contributed by atoms with Crippen LogP contribution >= 0.6 is 0 Å². The molecule has 0 saturated heterocycles. The second-order valence-electron chi connectivity index (χ2n) is 3.35. The molecule has 1 saturated carbocycles. The molecule has 1 fully saturated rings. The summed E-state index contributed by atoms with van der Waals surface area (Å²) in [4.78, 5) is 3.89. The number of rotatable bonds is 1. The molecule has 4 heteroatoms. The molecule has 0 aliphatic heterocycles. The predicted molar refractivity (Wildman–Crippen MR) is 43.5 cm³/mol. The van der Waals surface area contributed by atoms with Gasteiger partial charge in [0.25, 0.3) is 0 Å². The molecule has 4 nitrogen and oxygen atoms in total. The highest BCUT2D eigenvalue weighted by Crippen LogP contribution is 2.27. The summed E-state index contributed by atoms with van der Waals surface area (Å²) in [5, 5.41) is 13.5. The van der Waals surface area contributed by atoms with Gasteiger partial charge in [0.2, 0.25) is 0 Å². The Labute approximate surface area is 71.2 Å². The highest BCUT2D eigenvalue weighted by atomic mass is 16.3. The molecule has 1 aliphatic carbocycles. The van der Waals surface area contributed by atoms with Crippen LogP contribution in [0, 0.1) is 0 Å². The number of aliphatic hydroxyl groups is 1. The van der Waals surface area contributed by atoms with Crippen molar-refractivity contribution in [1.82, 2.24) is 14.8 Å². The zero-order valence-corrected chi connectivity index (χ0v) is 6.93. The van der Waals surface area contributed by atoms with E-state index in [9.17, 15) is 5.11 Å². The van der Waals surface area contributed by atoms with Crippen LogP contribution in [0.15, 0.2) is 12.7 Å². The molecular weight excluding hydrogens is 154 g/mol. The van der Waals surface area contributed by atoms with Crippen molar-refractivity contribution in [2.45, 2.75) is 37.8 Å². The minimum absolute atomic E-state index is 0.145. The van der Waals surface area contributed by atoms with Gasteiger partial charge in [-0.25, -0.2) is 9.67 Å². The second kappa shape index (κ2) is 3.23. The van der Waals surface area contributed by atoms with Crippen LogP contribution < -0.4 is 0 Å². The summed E-state index contributed by atoms with van der Waals surface area (Å²) in [5.74, 6) is 0. The number of aromatic nitrogens is 3. The first-order valence-electron chi connectivity index (χ1n) is 4.38. The smallest absolute Gasteiger partial charge is 0.137 e. The molecule has 1 aromatic heterocycles. The molecule has 2 unspecified atom stereocenters. The van der Waals surface area contributed by atoms with Crippen LogP contribution in [-0.4, -0.2) is 26.0 Å². The monoisotopic (exact) mass is 167 g/mol. The Balaban J connectivity index is 2.04. The first kappa shape index (κ1) is 7.73. The Bertz CT molecular complexity index is 234. The maximum atomic E-state index is 9.42. The third kappa shape index (κ3) is 1.48. The van der Waals surface area contributed by atoms with Gasteiger partial charge in [0.1, 0.15) is 12.7 Å². The van der Waals surface area contributed by atoms with Gasteiger partial charge in [-0.1, -0.05) is 0 Å². The molecule has 0 bridgehead atoms. The summed E-state index contributed by atoms with van der Waals surface area (Å²) in [6.07, 6.45) is 7.08. The molecule has 2 rings (SSSR count). The Morgan fingerprint density at radius 1 is 1.42 bits per heavy atom. The van der Waals surface area contributed by atoms with Gasteiger partial charge in [0.05, 0.1) is 12.1 Å². The maximum Gasteiger partial charge on any atom is 0.137 e. The Morgan fingerprint density at radius 3 is 3.00 bits per heavy atom. The SMILES string of the molecule is OC1CCCC(n2cncn2)C1. The van der Waals surface area contributed by atoms with E-state index in [1.165, 1.54) is 0 Å². The average molecular weight is 167 g/mol. The predicted octanol–water partition coefficient (Wildman–Crippen LogP) is 0.754. The van der Waals surface area contributed by atoms with E-state index in [-0.39, 0.29) is 6.10 Å². The number of hydrogen-bond donors (Lipinski definition) is 1. The van der Waals surface area contributed by atoms with Gasteiger partial charge in [0, 0.05) is 0 Å². The van der Waals surface area contributed by atoms with Crippen LogP contribution in [0.4, 0.5) is 0 Å². The normalized spacial score (nSPS) is 30.4. The van der Waals surface area contributed by atoms with Crippen LogP contribution in [0.5, 0.6) is 0 Å². The van der Waals surface area contributed by atoms with Crippen molar-refractivity contribution >= 4 is 0 Å². The van der Waals surface area contributed by atoms with E-state index < -0.39 is 0 Å². The first-order valence-corrected chi connectivity index (χ1v) is 4.38. The molecule has 12 heavy (non-hydrogen) atoms. The standard InChI is InChI=1S/C8H13N3O/c12-8-3-1-2-7(4-8)11-6-9-5-10-11/h5-8,12H,1-4H2. The Kier molecular flexibility index (Phi) is 2.08. The van der Waals surface area contributed by atoms with Crippen molar-refractivity contribution < 1.29 is 5.11 Å². The molecule has 0 amide bonds. The third-order valence-corrected chi connectivity index (χ3v) is 2.43. The summed E-state index contributed by atoms with van der Waals surface area (Å²) in [6, 6.07) is 0.358. The summed E-state index contributed by atoms with van der Waals surface area (Å²) in [5.41, 5.74) is 0. The zero-order chi connectivity index (χ0) is 8.39. The lowest BCUT2D eigenvalue weighted by molar-refractivity contribution is 0.100. The van der Waals surface area contributed by atoms with E-state index in [1.54, 1.807) is 12.7 Å². The van der Waals surface area contributed by atoms with Crippen molar-refractivity contribution in [3.63, 3.8) is 0 Å². The average Bonchev–Trinajstić information content (AvgIpc) is 2.56. The highest BCUT2D eigenvalue weighted by molar-refractivity contribution is 4.76. The molecule has 66 valence electrons. The molecule has 0 radical (unpaired) electrons. The van der Waals surface area contributed by atoms with E-state index in [0.29, 0.717) is 6.04 Å². The largest absolute Gasteiger partial charge is 0.393 e.